The number of fused-ring (bicyclic) bond motifs is 1. The second-order valence-corrected chi connectivity index (χ2v) is 7.12. The highest BCUT2D eigenvalue weighted by Crippen LogP contribution is 2.32. The molecule has 0 aliphatic carbocycles. The average Bonchev–Trinajstić information content (AvgIpc) is 3.11. The van der Waals surface area contributed by atoms with E-state index >= 15 is 0 Å². The van der Waals surface area contributed by atoms with Crippen molar-refractivity contribution >= 4 is 5.91 Å². The maximum Gasteiger partial charge on any atom is 0.236 e. The van der Waals surface area contributed by atoms with Gasteiger partial charge in [-0.1, -0.05) is 19.9 Å². The van der Waals surface area contributed by atoms with Crippen molar-refractivity contribution in [2.75, 3.05) is 52.6 Å². The van der Waals surface area contributed by atoms with Crippen molar-refractivity contribution in [2.45, 2.75) is 33.2 Å². The number of amides is 1. The van der Waals surface area contributed by atoms with E-state index in [9.17, 15) is 4.79 Å². The van der Waals surface area contributed by atoms with Crippen LogP contribution in [0.4, 0.5) is 0 Å². The van der Waals surface area contributed by atoms with E-state index in [2.05, 4.69) is 35.8 Å². The van der Waals surface area contributed by atoms with E-state index in [0.29, 0.717) is 13.3 Å². The highest BCUT2D eigenvalue weighted by Gasteiger charge is 2.22. The minimum absolute atomic E-state index is 0.276. The summed E-state index contributed by atoms with van der Waals surface area (Å²) < 4.78 is 10.8. The molecule has 26 heavy (non-hydrogen) atoms. The van der Waals surface area contributed by atoms with Crippen LogP contribution in [0.1, 0.15) is 32.3 Å². The van der Waals surface area contributed by atoms with E-state index in [1.165, 1.54) is 5.56 Å². The molecular formula is C20H31N3O3. The van der Waals surface area contributed by atoms with Crippen LogP contribution in [-0.2, 0) is 11.3 Å². The Balaban J connectivity index is 1.44. The highest BCUT2D eigenvalue weighted by molar-refractivity contribution is 5.78. The molecule has 6 nitrogen and oxygen atoms in total. The molecule has 0 atom stereocenters. The second-order valence-electron chi connectivity index (χ2n) is 7.12. The largest absolute Gasteiger partial charge is 0.454 e. The second kappa shape index (κ2) is 9.24. The van der Waals surface area contributed by atoms with E-state index in [1.54, 1.807) is 0 Å². The summed E-state index contributed by atoms with van der Waals surface area (Å²) in [5.74, 6) is 1.96. The number of piperazine rings is 1. The molecule has 1 saturated heterocycles. The Bertz CT molecular complexity index is 594. The molecule has 0 saturated carbocycles. The Morgan fingerprint density at radius 3 is 2.35 bits per heavy atom. The van der Waals surface area contributed by atoms with Crippen molar-refractivity contribution in [3.63, 3.8) is 0 Å². The first-order valence-electron chi connectivity index (χ1n) is 9.80. The minimum Gasteiger partial charge on any atom is -0.454 e. The molecule has 2 aliphatic heterocycles. The fourth-order valence-electron chi connectivity index (χ4n) is 3.60. The summed E-state index contributed by atoms with van der Waals surface area (Å²) in [7, 11) is 0. The van der Waals surface area contributed by atoms with Gasteiger partial charge in [-0.2, -0.15) is 0 Å². The van der Waals surface area contributed by atoms with Crippen LogP contribution in [0.2, 0.25) is 0 Å². The Hall–Kier alpha value is -1.79. The van der Waals surface area contributed by atoms with Crippen molar-refractivity contribution < 1.29 is 14.3 Å². The van der Waals surface area contributed by atoms with Crippen molar-refractivity contribution in [3.05, 3.63) is 23.8 Å². The predicted molar refractivity (Wildman–Crippen MR) is 101 cm³/mol. The van der Waals surface area contributed by atoms with Gasteiger partial charge < -0.3 is 14.4 Å². The Labute approximate surface area is 156 Å². The molecule has 3 rings (SSSR count). The summed E-state index contributed by atoms with van der Waals surface area (Å²) in [4.78, 5) is 19.3. The molecule has 0 unspecified atom stereocenters. The van der Waals surface area contributed by atoms with Crippen LogP contribution in [0.25, 0.3) is 0 Å². The van der Waals surface area contributed by atoms with Crippen LogP contribution in [0.3, 0.4) is 0 Å². The van der Waals surface area contributed by atoms with Crippen LogP contribution < -0.4 is 9.47 Å². The lowest BCUT2D eigenvalue weighted by Crippen LogP contribution is -2.49. The van der Waals surface area contributed by atoms with Crippen LogP contribution in [0.5, 0.6) is 11.5 Å². The van der Waals surface area contributed by atoms with E-state index in [4.69, 9.17) is 9.47 Å². The summed E-state index contributed by atoms with van der Waals surface area (Å²) in [6, 6.07) is 6.17. The van der Waals surface area contributed by atoms with Gasteiger partial charge in [-0.25, -0.2) is 0 Å². The van der Waals surface area contributed by atoms with Gasteiger partial charge in [0.05, 0.1) is 6.54 Å². The first-order valence-corrected chi connectivity index (χ1v) is 9.80. The summed E-state index contributed by atoms with van der Waals surface area (Å²) in [6.45, 7) is 11.7. The van der Waals surface area contributed by atoms with Gasteiger partial charge in [-0.05, 0) is 30.5 Å². The monoisotopic (exact) mass is 361 g/mol. The number of hydrogen-bond donors (Lipinski definition) is 0. The average molecular weight is 361 g/mol. The lowest BCUT2D eigenvalue weighted by atomic mass is 10.1. The maximum atomic E-state index is 12.5. The van der Waals surface area contributed by atoms with Gasteiger partial charge in [0.25, 0.3) is 0 Å². The lowest BCUT2D eigenvalue weighted by molar-refractivity contribution is -0.133. The van der Waals surface area contributed by atoms with Crippen molar-refractivity contribution in [2.24, 2.45) is 0 Å². The quantitative estimate of drug-likeness (QED) is 0.710. The molecule has 0 spiro atoms. The van der Waals surface area contributed by atoms with E-state index in [1.807, 2.05) is 11.0 Å². The lowest BCUT2D eigenvalue weighted by Gasteiger charge is -2.35. The van der Waals surface area contributed by atoms with Crippen LogP contribution >= 0.6 is 0 Å². The first kappa shape index (κ1) is 19.0. The summed E-state index contributed by atoms with van der Waals surface area (Å²) in [6.07, 6.45) is 2.05. The molecule has 6 heteroatoms. The molecule has 0 radical (unpaired) electrons. The maximum absolute atomic E-state index is 12.5. The number of benzene rings is 1. The molecule has 144 valence electrons. The van der Waals surface area contributed by atoms with E-state index < -0.39 is 0 Å². The zero-order valence-corrected chi connectivity index (χ0v) is 16.1. The smallest absolute Gasteiger partial charge is 0.236 e. The van der Waals surface area contributed by atoms with E-state index in [0.717, 1.165) is 70.2 Å². The van der Waals surface area contributed by atoms with Gasteiger partial charge in [-0.15, -0.1) is 0 Å². The van der Waals surface area contributed by atoms with Crippen molar-refractivity contribution in [1.82, 2.24) is 14.7 Å². The van der Waals surface area contributed by atoms with E-state index in [-0.39, 0.29) is 5.91 Å². The molecule has 2 aliphatic rings. The summed E-state index contributed by atoms with van der Waals surface area (Å²) >= 11 is 0. The molecule has 1 fully saturated rings. The zero-order chi connectivity index (χ0) is 18.4. The van der Waals surface area contributed by atoms with Crippen LogP contribution in [-0.4, -0.2) is 73.2 Å². The third kappa shape index (κ3) is 4.89. The van der Waals surface area contributed by atoms with Crippen LogP contribution in [0, 0.1) is 0 Å². The van der Waals surface area contributed by atoms with Gasteiger partial charge in [0, 0.05) is 45.8 Å². The molecule has 1 amide bonds. The number of nitrogens with zero attached hydrogens (tertiary/aromatic N) is 3. The zero-order valence-electron chi connectivity index (χ0n) is 16.1. The molecule has 0 N–H and O–H groups in total. The molecule has 1 aromatic carbocycles. The topological polar surface area (TPSA) is 45.3 Å². The first-order chi connectivity index (χ1) is 12.7. The molecule has 2 heterocycles. The predicted octanol–water partition coefficient (Wildman–Crippen LogP) is 2.18. The third-order valence-corrected chi connectivity index (χ3v) is 5.01. The number of rotatable bonds is 8. The van der Waals surface area contributed by atoms with Gasteiger partial charge in [0.15, 0.2) is 11.5 Å². The minimum atomic E-state index is 0.276. The Morgan fingerprint density at radius 2 is 1.65 bits per heavy atom. The van der Waals surface area contributed by atoms with Crippen molar-refractivity contribution in [1.29, 1.82) is 0 Å². The van der Waals surface area contributed by atoms with Gasteiger partial charge >= 0.3 is 0 Å². The fourth-order valence-corrected chi connectivity index (χ4v) is 3.60. The SMILES string of the molecule is CCCN(CCC)C(=O)CN1CCN(Cc2ccc3c(c2)OCO3)CC1. The van der Waals surface area contributed by atoms with Gasteiger partial charge in [0.1, 0.15) is 0 Å². The Morgan fingerprint density at radius 1 is 1.00 bits per heavy atom. The summed E-state index contributed by atoms with van der Waals surface area (Å²) in [5.41, 5.74) is 1.25. The van der Waals surface area contributed by atoms with Crippen molar-refractivity contribution in [3.8, 4) is 11.5 Å². The number of carbonyl (C=O) groups is 1. The number of ether oxygens (including phenoxy) is 2. The molecule has 0 aromatic heterocycles. The molecular weight excluding hydrogens is 330 g/mol. The Kier molecular flexibility index (Phi) is 6.74. The van der Waals surface area contributed by atoms with Gasteiger partial charge in [-0.3, -0.25) is 14.6 Å². The normalized spacial score (nSPS) is 17.5. The highest BCUT2D eigenvalue weighted by atomic mass is 16.7. The van der Waals surface area contributed by atoms with Gasteiger partial charge in [0.2, 0.25) is 12.7 Å². The summed E-state index contributed by atoms with van der Waals surface area (Å²) in [5, 5.41) is 0. The standard InChI is InChI=1S/C20H31N3O3/c1-3-7-23(8-4-2)20(24)15-22-11-9-21(10-12-22)14-17-5-6-18-19(13-17)26-16-25-18/h5-6,13H,3-4,7-12,14-16H2,1-2H3. The third-order valence-electron chi connectivity index (χ3n) is 5.01. The fraction of sp³-hybridized carbons (Fsp3) is 0.650. The molecule has 0 bridgehead atoms. The molecule has 1 aromatic rings. The van der Waals surface area contributed by atoms with Crippen LogP contribution in [0.15, 0.2) is 18.2 Å². The number of carbonyl (C=O) groups excluding carboxylic acids is 1. The number of hydrogen-bond acceptors (Lipinski definition) is 5.